The summed E-state index contributed by atoms with van der Waals surface area (Å²) < 4.78 is 6.35. The first-order chi connectivity index (χ1) is 14.7. The van der Waals surface area contributed by atoms with Gasteiger partial charge in [-0.25, -0.2) is 4.98 Å². The van der Waals surface area contributed by atoms with Crippen molar-refractivity contribution in [1.29, 1.82) is 0 Å². The summed E-state index contributed by atoms with van der Waals surface area (Å²) in [7, 11) is 0. The van der Waals surface area contributed by atoms with Gasteiger partial charge in [-0.2, -0.15) is 0 Å². The predicted octanol–water partition coefficient (Wildman–Crippen LogP) is 4.55. The second-order valence-corrected chi connectivity index (χ2v) is 9.87. The summed E-state index contributed by atoms with van der Waals surface area (Å²) in [5.74, 6) is 0.159. The maximum absolute atomic E-state index is 12.3. The van der Waals surface area contributed by atoms with E-state index in [4.69, 9.17) is 4.74 Å². The van der Waals surface area contributed by atoms with E-state index in [0.717, 1.165) is 53.1 Å². The van der Waals surface area contributed by atoms with Gasteiger partial charge in [0.1, 0.15) is 0 Å². The largest absolute Gasteiger partial charge is 0.376 e. The Morgan fingerprint density at radius 1 is 1.27 bits per heavy atom. The third kappa shape index (κ3) is 5.78. The van der Waals surface area contributed by atoms with E-state index in [-0.39, 0.29) is 17.8 Å². The van der Waals surface area contributed by atoms with Crippen LogP contribution in [-0.2, 0) is 16.0 Å². The second kappa shape index (κ2) is 10.3. The van der Waals surface area contributed by atoms with E-state index < -0.39 is 0 Å². The van der Waals surface area contributed by atoms with Gasteiger partial charge < -0.3 is 15.4 Å². The van der Waals surface area contributed by atoms with Crippen LogP contribution in [0.15, 0.2) is 34.0 Å². The van der Waals surface area contributed by atoms with Crippen LogP contribution in [0.25, 0.3) is 11.3 Å². The van der Waals surface area contributed by atoms with Crippen LogP contribution >= 0.6 is 34.4 Å². The molecule has 0 radical (unpaired) electrons. The number of hydrogen-bond acceptors (Lipinski definition) is 9. The molecular formula is C20H23N5O2S3. The summed E-state index contributed by atoms with van der Waals surface area (Å²) in [6.45, 7) is 3.71. The third-order valence-corrected chi connectivity index (χ3v) is 7.42. The number of anilines is 2. The van der Waals surface area contributed by atoms with Crippen molar-refractivity contribution in [3.63, 3.8) is 0 Å². The minimum absolute atomic E-state index is 0.105. The first-order valence-electron chi connectivity index (χ1n) is 9.86. The fourth-order valence-electron chi connectivity index (χ4n) is 3.00. The second-order valence-electron chi connectivity index (χ2n) is 6.81. The Balaban J connectivity index is 1.23. The highest BCUT2D eigenvalue weighted by atomic mass is 32.2. The number of thiazole rings is 1. The number of aromatic nitrogens is 3. The third-order valence-electron chi connectivity index (χ3n) is 4.65. The van der Waals surface area contributed by atoms with Crippen LogP contribution < -0.4 is 10.6 Å². The number of ether oxygens (including phenoxy) is 1. The highest BCUT2D eigenvalue weighted by molar-refractivity contribution is 8.01. The van der Waals surface area contributed by atoms with Crippen molar-refractivity contribution in [2.24, 2.45) is 0 Å². The van der Waals surface area contributed by atoms with Gasteiger partial charge in [0.2, 0.25) is 11.0 Å². The van der Waals surface area contributed by atoms with Crippen LogP contribution in [0.4, 0.5) is 10.3 Å². The Kier molecular flexibility index (Phi) is 7.32. The Morgan fingerprint density at radius 3 is 2.90 bits per heavy atom. The summed E-state index contributed by atoms with van der Waals surface area (Å²) in [5.41, 5.74) is 3.22. The van der Waals surface area contributed by atoms with Gasteiger partial charge in [0.05, 0.1) is 17.6 Å². The molecule has 7 nitrogen and oxygen atoms in total. The fourth-order valence-corrected chi connectivity index (χ4v) is 5.30. The number of aryl methyl sites for hydroxylation is 1. The van der Waals surface area contributed by atoms with E-state index in [0.29, 0.717) is 5.13 Å². The molecule has 0 spiro atoms. The average molecular weight is 462 g/mol. The van der Waals surface area contributed by atoms with Gasteiger partial charge in [-0.3, -0.25) is 4.79 Å². The first-order valence-corrected chi connectivity index (χ1v) is 12.5. The van der Waals surface area contributed by atoms with Crippen LogP contribution in [0.3, 0.4) is 0 Å². The summed E-state index contributed by atoms with van der Waals surface area (Å²) in [5, 5.41) is 17.7. The molecule has 1 saturated heterocycles. The topological polar surface area (TPSA) is 89.0 Å². The molecule has 158 valence electrons. The lowest BCUT2D eigenvalue weighted by Crippen LogP contribution is -2.18. The molecule has 1 aliphatic rings. The smallest absolute Gasteiger partial charge is 0.236 e. The predicted molar refractivity (Wildman–Crippen MR) is 124 cm³/mol. The van der Waals surface area contributed by atoms with Gasteiger partial charge in [0.25, 0.3) is 0 Å². The lowest BCUT2D eigenvalue weighted by molar-refractivity contribution is -0.113. The highest BCUT2D eigenvalue weighted by Crippen LogP contribution is 2.28. The molecule has 3 aromatic rings. The number of carbonyl (C=O) groups is 1. The molecule has 3 heterocycles. The molecular weight excluding hydrogens is 438 g/mol. The lowest BCUT2D eigenvalue weighted by atomic mass is 10.1. The van der Waals surface area contributed by atoms with Gasteiger partial charge in [0, 0.05) is 24.1 Å². The van der Waals surface area contributed by atoms with Crippen molar-refractivity contribution < 1.29 is 9.53 Å². The van der Waals surface area contributed by atoms with Crippen LogP contribution in [-0.4, -0.2) is 46.1 Å². The van der Waals surface area contributed by atoms with Gasteiger partial charge in [-0.15, -0.1) is 21.5 Å². The van der Waals surface area contributed by atoms with E-state index in [9.17, 15) is 4.79 Å². The summed E-state index contributed by atoms with van der Waals surface area (Å²) in [4.78, 5) is 16.8. The molecule has 1 unspecified atom stereocenters. The minimum atomic E-state index is -0.105. The number of rotatable bonds is 9. The lowest BCUT2D eigenvalue weighted by Gasteiger charge is -2.08. The zero-order valence-electron chi connectivity index (χ0n) is 16.6. The molecule has 10 heteroatoms. The van der Waals surface area contributed by atoms with Gasteiger partial charge >= 0.3 is 0 Å². The molecule has 4 rings (SSSR count). The van der Waals surface area contributed by atoms with Crippen molar-refractivity contribution in [2.75, 3.05) is 29.5 Å². The monoisotopic (exact) mass is 461 g/mol. The molecule has 0 saturated carbocycles. The number of nitrogens with zero attached hydrogens (tertiary/aromatic N) is 3. The van der Waals surface area contributed by atoms with Crippen LogP contribution in [0.1, 0.15) is 25.3 Å². The molecule has 1 aromatic carbocycles. The van der Waals surface area contributed by atoms with Gasteiger partial charge in [0.15, 0.2) is 9.47 Å². The zero-order valence-corrected chi connectivity index (χ0v) is 19.0. The van der Waals surface area contributed by atoms with Gasteiger partial charge in [-0.1, -0.05) is 54.3 Å². The molecule has 1 aliphatic heterocycles. The van der Waals surface area contributed by atoms with Crippen molar-refractivity contribution in [2.45, 2.75) is 36.6 Å². The standard InChI is InChI=1S/C20H23N5O2S3/c1-2-13-5-7-14(8-6-13)16-11-28-19(22-16)23-17(26)12-29-20-25-24-18(30-20)21-10-15-4-3-9-27-15/h5-8,11,15H,2-4,9-10,12H2,1H3,(H,21,24)(H,22,23,26). The fraction of sp³-hybridized carbons (Fsp3) is 0.400. The van der Waals surface area contributed by atoms with Crippen molar-refractivity contribution in [3.8, 4) is 11.3 Å². The number of thioether (sulfide) groups is 1. The van der Waals surface area contributed by atoms with Gasteiger partial charge in [-0.05, 0) is 24.8 Å². The molecule has 1 amide bonds. The molecule has 2 N–H and O–H groups in total. The number of amides is 1. The van der Waals surface area contributed by atoms with Crippen LogP contribution in [0.5, 0.6) is 0 Å². The Labute approximate surface area is 187 Å². The number of hydrogen-bond donors (Lipinski definition) is 2. The Bertz CT molecular complexity index is 967. The molecule has 1 fully saturated rings. The first kappa shape index (κ1) is 21.2. The molecule has 0 bridgehead atoms. The number of nitrogens with one attached hydrogen (secondary N) is 2. The summed E-state index contributed by atoms with van der Waals surface area (Å²) in [6.07, 6.45) is 3.46. The SMILES string of the molecule is CCc1ccc(-c2csc(NC(=O)CSc3nnc(NCC4CCCO4)s3)n2)cc1. The van der Waals surface area contributed by atoms with E-state index in [1.54, 1.807) is 0 Å². The van der Waals surface area contributed by atoms with Crippen molar-refractivity contribution in [3.05, 3.63) is 35.2 Å². The molecule has 30 heavy (non-hydrogen) atoms. The average Bonchev–Trinajstić information content (AvgIpc) is 3.53. The minimum Gasteiger partial charge on any atom is -0.376 e. The Hall–Kier alpha value is -2.01. The molecule has 0 aliphatic carbocycles. The van der Waals surface area contributed by atoms with E-state index in [2.05, 4.69) is 57.0 Å². The quantitative estimate of drug-likeness (QED) is 0.452. The maximum atomic E-state index is 12.3. The van der Waals surface area contributed by atoms with Crippen LogP contribution in [0, 0.1) is 0 Å². The molecule has 1 atom stereocenters. The maximum Gasteiger partial charge on any atom is 0.236 e. The number of carbonyl (C=O) groups excluding carboxylic acids is 1. The van der Waals surface area contributed by atoms with Crippen LogP contribution in [0.2, 0.25) is 0 Å². The number of benzene rings is 1. The summed E-state index contributed by atoms with van der Waals surface area (Å²) in [6, 6.07) is 8.34. The van der Waals surface area contributed by atoms with Crippen molar-refractivity contribution in [1.82, 2.24) is 15.2 Å². The summed E-state index contributed by atoms with van der Waals surface area (Å²) >= 11 is 4.25. The van der Waals surface area contributed by atoms with E-state index in [1.165, 1.54) is 40.0 Å². The van der Waals surface area contributed by atoms with E-state index in [1.807, 2.05) is 5.38 Å². The van der Waals surface area contributed by atoms with Crippen molar-refractivity contribution >= 4 is 50.6 Å². The Morgan fingerprint density at radius 2 is 2.13 bits per heavy atom. The highest BCUT2D eigenvalue weighted by Gasteiger charge is 2.16. The molecule has 2 aromatic heterocycles. The van der Waals surface area contributed by atoms with E-state index >= 15 is 0 Å². The normalized spacial score (nSPS) is 16.0. The zero-order chi connectivity index (χ0) is 20.8.